The number of fused-ring (bicyclic) bond motifs is 1. The molecule has 78 valence electrons. The zero-order valence-electron chi connectivity index (χ0n) is 8.50. The Hall–Kier alpha value is -1.99. The van der Waals surface area contributed by atoms with E-state index in [0.29, 0.717) is 6.54 Å². The molecule has 3 heterocycles. The van der Waals surface area contributed by atoms with Crippen molar-refractivity contribution >= 4 is 17.0 Å². The highest BCUT2D eigenvalue weighted by atomic mass is 32.1. The minimum atomic E-state index is 0.575. The zero-order chi connectivity index (χ0) is 11.0. The summed E-state index contributed by atoms with van der Waals surface area (Å²) in [5.41, 5.74) is 3.17. The highest BCUT2D eigenvalue weighted by molar-refractivity contribution is 7.08. The van der Waals surface area contributed by atoms with Crippen LogP contribution in [0.25, 0.3) is 16.9 Å². The van der Waals surface area contributed by atoms with Gasteiger partial charge in [0.25, 0.3) is 0 Å². The van der Waals surface area contributed by atoms with E-state index in [1.807, 2.05) is 21.5 Å². The van der Waals surface area contributed by atoms with Gasteiger partial charge in [0.15, 0.2) is 0 Å². The van der Waals surface area contributed by atoms with Crippen LogP contribution in [0.3, 0.4) is 0 Å². The molecule has 3 aromatic rings. The molecule has 3 rings (SSSR count). The minimum absolute atomic E-state index is 0.575. The molecule has 16 heavy (non-hydrogen) atoms. The Labute approximate surface area is 96.9 Å². The van der Waals surface area contributed by atoms with Crippen LogP contribution in [0.1, 0.15) is 0 Å². The van der Waals surface area contributed by atoms with Crippen molar-refractivity contribution in [3.05, 3.63) is 35.3 Å². The molecule has 0 saturated carbocycles. The first-order valence-corrected chi connectivity index (χ1v) is 5.83. The Bertz CT molecular complexity index is 652. The smallest absolute Gasteiger partial charge is 0.137 e. The largest absolute Gasteiger partial charge is 0.320 e. The fraction of sp³-hybridized carbons (Fsp3) is 0.0833. The maximum atomic E-state index is 5.31. The van der Waals surface area contributed by atoms with Gasteiger partial charge in [-0.1, -0.05) is 5.92 Å². The minimum Gasteiger partial charge on any atom is -0.320 e. The normalized spacial score (nSPS) is 10.7. The lowest BCUT2D eigenvalue weighted by Gasteiger charge is -1.93. The maximum absolute atomic E-state index is 5.31. The zero-order valence-corrected chi connectivity index (χ0v) is 9.31. The third-order valence-corrected chi connectivity index (χ3v) is 3.16. The second kappa shape index (κ2) is 3.54. The van der Waals surface area contributed by atoms with Crippen LogP contribution in [0.15, 0.2) is 35.3 Å². The summed E-state index contributed by atoms with van der Waals surface area (Å²) in [5, 5.41) is 8.63. The van der Waals surface area contributed by atoms with Crippen LogP contribution < -0.4 is 0 Å². The van der Waals surface area contributed by atoms with Gasteiger partial charge in [0.05, 0.1) is 12.2 Å². The van der Waals surface area contributed by atoms with E-state index < -0.39 is 0 Å². The molecule has 0 N–H and O–H groups in total. The van der Waals surface area contributed by atoms with Crippen LogP contribution in [0.2, 0.25) is 0 Å². The summed E-state index contributed by atoms with van der Waals surface area (Å²) in [6.45, 7) is 0.575. The molecular weight excluding hydrogens is 218 g/mol. The first kappa shape index (κ1) is 9.25. The quantitative estimate of drug-likeness (QED) is 0.617. The summed E-state index contributed by atoms with van der Waals surface area (Å²) in [7, 11) is 0. The summed E-state index contributed by atoms with van der Waals surface area (Å²) in [5.74, 6) is 2.63. The van der Waals surface area contributed by atoms with Crippen LogP contribution in [0.4, 0.5) is 0 Å². The number of rotatable bonds is 2. The molecule has 3 aromatic heterocycles. The topological polar surface area (TPSA) is 22.2 Å². The van der Waals surface area contributed by atoms with E-state index in [9.17, 15) is 0 Å². The Morgan fingerprint density at radius 3 is 3.12 bits per heavy atom. The first-order chi connectivity index (χ1) is 7.88. The average Bonchev–Trinajstić information content (AvgIpc) is 2.93. The van der Waals surface area contributed by atoms with Crippen molar-refractivity contribution in [3.8, 4) is 23.6 Å². The van der Waals surface area contributed by atoms with E-state index in [-0.39, 0.29) is 0 Å². The van der Waals surface area contributed by atoms with Crippen LogP contribution in [-0.4, -0.2) is 14.2 Å². The molecular formula is C12H9N3S. The third kappa shape index (κ3) is 1.34. The number of imidazole rings is 1. The number of hydrogen-bond acceptors (Lipinski definition) is 2. The predicted octanol–water partition coefficient (Wildman–Crippen LogP) is 2.50. The van der Waals surface area contributed by atoms with Gasteiger partial charge >= 0.3 is 0 Å². The van der Waals surface area contributed by atoms with Gasteiger partial charge in [-0.3, -0.25) is 0 Å². The van der Waals surface area contributed by atoms with Gasteiger partial charge in [-0.05, 0) is 11.4 Å². The first-order valence-electron chi connectivity index (χ1n) is 4.89. The number of thiophene rings is 1. The second-order valence-corrected chi connectivity index (χ2v) is 4.25. The van der Waals surface area contributed by atoms with E-state index in [2.05, 4.69) is 33.9 Å². The lowest BCUT2D eigenvalue weighted by atomic mass is 10.2. The van der Waals surface area contributed by atoms with Crippen LogP contribution in [0.5, 0.6) is 0 Å². The fourth-order valence-corrected chi connectivity index (χ4v) is 2.36. The van der Waals surface area contributed by atoms with E-state index in [0.717, 1.165) is 16.9 Å². The van der Waals surface area contributed by atoms with Gasteiger partial charge in [-0.15, -0.1) is 6.42 Å². The van der Waals surface area contributed by atoms with E-state index in [1.165, 1.54) is 0 Å². The Kier molecular flexibility index (Phi) is 2.05. The average molecular weight is 227 g/mol. The van der Waals surface area contributed by atoms with Crippen molar-refractivity contribution in [2.45, 2.75) is 6.54 Å². The van der Waals surface area contributed by atoms with Gasteiger partial charge in [-0.2, -0.15) is 16.4 Å². The Morgan fingerprint density at radius 2 is 2.38 bits per heavy atom. The molecule has 0 aliphatic heterocycles. The number of hydrogen-bond donors (Lipinski definition) is 0. The molecule has 0 saturated heterocycles. The summed E-state index contributed by atoms with van der Waals surface area (Å²) >= 11 is 1.67. The van der Waals surface area contributed by atoms with Gasteiger partial charge in [-0.25, -0.2) is 4.52 Å². The number of aromatic nitrogens is 3. The van der Waals surface area contributed by atoms with Crippen molar-refractivity contribution in [2.24, 2.45) is 0 Å². The van der Waals surface area contributed by atoms with E-state index >= 15 is 0 Å². The fourth-order valence-electron chi connectivity index (χ4n) is 1.71. The van der Waals surface area contributed by atoms with E-state index in [1.54, 1.807) is 11.3 Å². The standard InChI is InChI=1S/C12H9N3S/c1-2-4-14-5-6-15-12(14)8-11(13-15)10-3-7-16-9-10/h1,3,5-9H,4H2. The molecule has 0 radical (unpaired) electrons. The van der Waals surface area contributed by atoms with Crippen LogP contribution in [0, 0.1) is 12.3 Å². The highest BCUT2D eigenvalue weighted by Crippen LogP contribution is 2.22. The van der Waals surface area contributed by atoms with Gasteiger partial charge < -0.3 is 4.57 Å². The molecule has 4 heteroatoms. The SMILES string of the molecule is C#CCn1ccn2nc(-c3ccsc3)cc12. The second-order valence-electron chi connectivity index (χ2n) is 3.47. The van der Waals surface area contributed by atoms with Crippen molar-refractivity contribution < 1.29 is 0 Å². The van der Waals surface area contributed by atoms with Crippen molar-refractivity contribution in [2.75, 3.05) is 0 Å². The molecule has 0 spiro atoms. The lowest BCUT2D eigenvalue weighted by molar-refractivity contribution is 0.869. The molecule has 0 aliphatic rings. The maximum Gasteiger partial charge on any atom is 0.137 e. The van der Waals surface area contributed by atoms with Crippen molar-refractivity contribution in [3.63, 3.8) is 0 Å². The van der Waals surface area contributed by atoms with Gasteiger partial charge in [0.2, 0.25) is 0 Å². The molecule has 0 bridgehead atoms. The number of terminal acetylenes is 1. The Morgan fingerprint density at radius 1 is 1.44 bits per heavy atom. The van der Waals surface area contributed by atoms with Gasteiger partial charge in [0.1, 0.15) is 5.65 Å². The third-order valence-electron chi connectivity index (χ3n) is 2.48. The van der Waals surface area contributed by atoms with Crippen molar-refractivity contribution in [1.82, 2.24) is 14.2 Å². The predicted molar refractivity (Wildman–Crippen MR) is 65.3 cm³/mol. The molecule has 0 amide bonds. The lowest BCUT2D eigenvalue weighted by Crippen LogP contribution is -1.92. The molecule has 0 unspecified atom stereocenters. The van der Waals surface area contributed by atoms with Crippen LogP contribution in [-0.2, 0) is 6.54 Å². The van der Waals surface area contributed by atoms with Crippen molar-refractivity contribution in [1.29, 1.82) is 0 Å². The van der Waals surface area contributed by atoms with Crippen LogP contribution >= 0.6 is 11.3 Å². The molecule has 0 aliphatic carbocycles. The molecule has 0 aromatic carbocycles. The summed E-state index contributed by atoms with van der Waals surface area (Å²) < 4.78 is 3.85. The molecule has 0 atom stereocenters. The molecule has 3 nitrogen and oxygen atoms in total. The summed E-state index contributed by atoms with van der Waals surface area (Å²) in [4.78, 5) is 0. The number of nitrogens with zero attached hydrogens (tertiary/aromatic N) is 3. The highest BCUT2D eigenvalue weighted by Gasteiger charge is 2.07. The monoisotopic (exact) mass is 227 g/mol. The summed E-state index contributed by atoms with van der Waals surface area (Å²) in [6.07, 6.45) is 9.18. The molecule has 0 fully saturated rings. The summed E-state index contributed by atoms with van der Waals surface area (Å²) in [6, 6.07) is 4.12. The van der Waals surface area contributed by atoms with E-state index in [4.69, 9.17) is 6.42 Å². The van der Waals surface area contributed by atoms with Gasteiger partial charge in [0, 0.05) is 29.4 Å². The Balaban J connectivity index is 2.14.